The largest absolute Gasteiger partial charge is 0.477 e. The van der Waals surface area contributed by atoms with Crippen molar-refractivity contribution >= 4 is 47.2 Å². The van der Waals surface area contributed by atoms with Gasteiger partial charge in [-0.2, -0.15) is 0 Å². The monoisotopic (exact) mass is 509 g/mol. The Morgan fingerprint density at radius 1 is 1.27 bits per heavy atom. The summed E-state index contributed by atoms with van der Waals surface area (Å²) in [6.45, 7) is 5.07. The summed E-state index contributed by atoms with van der Waals surface area (Å²) in [5, 5.41) is 23.7. The highest BCUT2D eigenvalue weighted by atomic mass is 32.2. The molecule has 33 heavy (non-hydrogen) atoms. The molecule has 0 bridgehead atoms. The average Bonchev–Trinajstić information content (AvgIpc) is 3.32. The number of hydrogen-bond donors (Lipinski definition) is 4. The van der Waals surface area contributed by atoms with Gasteiger partial charge < -0.3 is 26.2 Å². The van der Waals surface area contributed by atoms with Crippen LogP contribution in [0, 0.1) is 11.8 Å². The number of nitrogens with two attached hydrogens (primary N) is 1. The minimum atomic E-state index is -1.06. The lowest BCUT2D eigenvalue weighted by Gasteiger charge is -2.46. The smallest absolute Gasteiger partial charge is 0.353 e. The zero-order chi connectivity index (χ0) is 23.7. The van der Waals surface area contributed by atoms with Crippen LogP contribution in [-0.4, -0.2) is 75.0 Å². The molecule has 1 aromatic carbocycles. The van der Waals surface area contributed by atoms with Gasteiger partial charge in [0.2, 0.25) is 5.91 Å². The van der Waals surface area contributed by atoms with E-state index in [2.05, 4.69) is 29.6 Å². The van der Waals surface area contributed by atoms with Crippen LogP contribution in [0.25, 0.3) is 0 Å². The third kappa shape index (κ3) is 5.11. The minimum absolute atomic E-state index is 0.0810. The average molecular weight is 510 g/mol. The van der Waals surface area contributed by atoms with Crippen LogP contribution in [0.1, 0.15) is 20.3 Å². The first-order chi connectivity index (χ1) is 15.8. The minimum Gasteiger partial charge on any atom is -0.477 e. The molecule has 1 amide bonds. The first kappa shape index (κ1) is 24.9. The van der Waals surface area contributed by atoms with Gasteiger partial charge in [-0.25, -0.2) is 4.79 Å². The maximum absolute atomic E-state index is 12.5. The van der Waals surface area contributed by atoms with E-state index in [1.54, 1.807) is 30.4 Å². The Morgan fingerprint density at radius 2 is 1.94 bits per heavy atom. The predicted octanol–water partition coefficient (Wildman–Crippen LogP) is 2.45. The summed E-state index contributed by atoms with van der Waals surface area (Å²) < 4.78 is 0. The molecule has 7 nitrogen and oxygen atoms in total. The molecular weight excluding hydrogens is 478 g/mol. The molecule has 0 aromatic heterocycles. The number of carbonyl (C=O) groups excluding carboxylic acids is 1. The second-order valence-electron chi connectivity index (χ2n) is 8.77. The first-order valence-corrected chi connectivity index (χ1v) is 14.1. The Balaban J connectivity index is 1.33. The number of carboxylic acids is 1. The molecule has 6 atom stereocenters. The van der Waals surface area contributed by atoms with Crippen LogP contribution in [0.2, 0.25) is 0 Å². The Labute approximate surface area is 207 Å². The molecule has 3 heterocycles. The quantitative estimate of drug-likeness (QED) is 0.279. The number of fused-ring (bicyclic) bond motifs is 1. The van der Waals surface area contributed by atoms with Crippen LogP contribution in [0.5, 0.6) is 0 Å². The molecule has 0 spiro atoms. The molecule has 0 unspecified atom stereocenters. The molecule has 0 saturated carbocycles. The van der Waals surface area contributed by atoms with Gasteiger partial charge in [-0.05, 0) is 37.6 Å². The summed E-state index contributed by atoms with van der Waals surface area (Å²) >= 11 is 5.18. The van der Waals surface area contributed by atoms with Crippen LogP contribution in [0.15, 0.2) is 44.7 Å². The lowest BCUT2D eigenvalue weighted by atomic mass is 9.79. The Bertz CT molecular complexity index is 924. The number of carbonyl (C=O) groups is 2. The number of aliphatic carboxylic acids is 1. The number of thioether (sulfide) groups is 3. The van der Waals surface area contributed by atoms with Gasteiger partial charge in [0, 0.05) is 56.5 Å². The SMILES string of the molecule is C[C@@H](O)[C@H]1C(=O)N2C(C(=O)O)=C(S[C@@H]3CN[C@H](CSc4ccc(SCCN)cc4)C3)[C@H](C)[C@H]12. The number of nitrogens with one attached hydrogen (secondary N) is 1. The number of benzene rings is 1. The normalized spacial score (nSPS) is 29.9. The van der Waals surface area contributed by atoms with Crippen molar-refractivity contribution in [3.63, 3.8) is 0 Å². The van der Waals surface area contributed by atoms with Gasteiger partial charge in [-0.1, -0.05) is 6.92 Å². The van der Waals surface area contributed by atoms with Crippen molar-refractivity contribution in [1.82, 2.24) is 10.2 Å². The molecule has 180 valence electrons. The number of aliphatic hydroxyl groups excluding tert-OH is 1. The van der Waals surface area contributed by atoms with Gasteiger partial charge in [-0.15, -0.1) is 35.3 Å². The van der Waals surface area contributed by atoms with Crippen molar-refractivity contribution in [2.24, 2.45) is 17.6 Å². The molecule has 10 heteroatoms. The van der Waals surface area contributed by atoms with E-state index >= 15 is 0 Å². The topological polar surface area (TPSA) is 116 Å². The summed E-state index contributed by atoms with van der Waals surface area (Å²) in [5.41, 5.74) is 5.68. The summed E-state index contributed by atoms with van der Waals surface area (Å²) in [7, 11) is 0. The fourth-order valence-electron chi connectivity index (χ4n) is 4.86. The number of aliphatic hydroxyl groups is 1. The van der Waals surface area contributed by atoms with Gasteiger partial charge in [0.25, 0.3) is 0 Å². The molecule has 0 aliphatic carbocycles. The Morgan fingerprint density at radius 3 is 2.55 bits per heavy atom. The first-order valence-electron chi connectivity index (χ1n) is 11.3. The molecule has 3 aliphatic heterocycles. The van der Waals surface area contributed by atoms with Crippen LogP contribution in [0.3, 0.4) is 0 Å². The number of hydrogen-bond acceptors (Lipinski definition) is 8. The number of amides is 1. The number of carboxylic acid groups (broad SMARTS) is 1. The molecule has 1 aromatic rings. The van der Waals surface area contributed by atoms with Gasteiger partial charge in [-0.3, -0.25) is 4.79 Å². The van der Waals surface area contributed by atoms with E-state index in [0.717, 1.165) is 29.4 Å². The van der Waals surface area contributed by atoms with Crippen LogP contribution >= 0.6 is 35.3 Å². The fraction of sp³-hybridized carbons (Fsp3) is 0.565. The third-order valence-electron chi connectivity index (χ3n) is 6.45. The zero-order valence-electron chi connectivity index (χ0n) is 18.8. The number of nitrogens with zero attached hydrogens (tertiary/aromatic N) is 1. The second-order valence-corrected chi connectivity index (χ2v) is 12.4. The Kier molecular flexibility index (Phi) is 8.02. The van der Waals surface area contributed by atoms with Crippen LogP contribution in [-0.2, 0) is 9.59 Å². The summed E-state index contributed by atoms with van der Waals surface area (Å²) in [4.78, 5) is 29.1. The van der Waals surface area contributed by atoms with Crippen molar-refractivity contribution in [3.05, 3.63) is 34.9 Å². The van der Waals surface area contributed by atoms with E-state index in [0.29, 0.717) is 12.6 Å². The molecule has 0 radical (unpaired) electrons. The number of rotatable bonds is 10. The summed E-state index contributed by atoms with van der Waals surface area (Å²) in [5.74, 6) is -0.0653. The van der Waals surface area contributed by atoms with Gasteiger partial charge in [0.15, 0.2) is 0 Å². The molecule has 2 fully saturated rings. The van der Waals surface area contributed by atoms with Crippen molar-refractivity contribution in [3.8, 4) is 0 Å². The summed E-state index contributed by atoms with van der Waals surface area (Å²) in [6.07, 6.45) is 0.174. The third-order valence-corrected chi connectivity index (χ3v) is 10.2. The lowest BCUT2D eigenvalue weighted by Crippen LogP contribution is -2.63. The highest BCUT2D eigenvalue weighted by Crippen LogP contribution is 2.51. The molecule has 3 aliphatic rings. The standard InChI is InChI=1S/C23H31N3O4S3/c1-12-19-18(13(2)27)22(28)26(19)20(23(29)30)21(12)33-17-9-14(25-10-17)11-32-16-5-3-15(4-6-16)31-8-7-24/h3-6,12-14,17-19,25,27H,7-11,24H2,1-2H3,(H,29,30)/t12-,13-,14+,17+,18-,19-/m1/s1. The summed E-state index contributed by atoms with van der Waals surface area (Å²) in [6, 6.07) is 8.67. The van der Waals surface area contributed by atoms with Crippen molar-refractivity contribution in [2.45, 2.75) is 53.5 Å². The van der Waals surface area contributed by atoms with Crippen LogP contribution < -0.4 is 11.1 Å². The fourth-order valence-corrected chi connectivity index (χ4v) is 8.04. The van der Waals surface area contributed by atoms with E-state index < -0.39 is 18.0 Å². The highest BCUT2D eigenvalue weighted by Gasteiger charge is 2.60. The number of β-lactam (4-membered cyclic amide) rings is 1. The van der Waals surface area contributed by atoms with Crippen molar-refractivity contribution in [1.29, 1.82) is 0 Å². The van der Waals surface area contributed by atoms with Gasteiger partial charge in [0.1, 0.15) is 5.70 Å². The van der Waals surface area contributed by atoms with E-state index in [1.165, 1.54) is 14.7 Å². The van der Waals surface area contributed by atoms with Gasteiger partial charge in [0.05, 0.1) is 18.1 Å². The Hall–Kier alpha value is -1.17. The maximum Gasteiger partial charge on any atom is 0.353 e. The van der Waals surface area contributed by atoms with E-state index in [9.17, 15) is 19.8 Å². The van der Waals surface area contributed by atoms with Crippen molar-refractivity contribution in [2.75, 3.05) is 24.6 Å². The maximum atomic E-state index is 12.5. The lowest BCUT2D eigenvalue weighted by molar-refractivity contribution is -0.163. The van der Waals surface area contributed by atoms with E-state index in [4.69, 9.17) is 5.73 Å². The highest BCUT2D eigenvalue weighted by molar-refractivity contribution is 8.03. The van der Waals surface area contributed by atoms with Crippen molar-refractivity contribution < 1.29 is 19.8 Å². The van der Waals surface area contributed by atoms with Crippen LogP contribution in [0.4, 0.5) is 0 Å². The van der Waals surface area contributed by atoms with E-state index in [1.807, 2.05) is 18.7 Å². The van der Waals surface area contributed by atoms with E-state index in [-0.39, 0.29) is 28.8 Å². The predicted molar refractivity (Wildman–Crippen MR) is 134 cm³/mol. The van der Waals surface area contributed by atoms with Gasteiger partial charge >= 0.3 is 5.97 Å². The molecular formula is C23H31N3O4S3. The molecule has 2 saturated heterocycles. The molecule has 4 rings (SSSR count). The zero-order valence-corrected chi connectivity index (χ0v) is 21.2. The molecule has 5 N–H and O–H groups in total. The second kappa shape index (κ2) is 10.6.